The normalized spacial score (nSPS) is 11.3. The first kappa shape index (κ1) is 20.6. The predicted octanol–water partition coefficient (Wildman–Crippen LogP) is 4.51. The average Bonchev–Trinajstić information content (AvgIpc) is 3.27. The van der Waals surface area contributed by atoms with Crippen molar-refractivity contribution < 1.29 is 17.6 Å². The van der Waals surface area contributed by atoms with E-state index in [4.69, 9.17) is 9.15 Å². The van der Waals surface area contributed by atoms with Gasteiger partial charge in [-0.15, -0.1) is 0 Å². The van der Waals surface area contributed by atoms with E-state index in [1.54, 1.807) is 24.5 Å². The van der Waals surface area contributed by atoms with Gasteiger partial charge in [-0.25, -0.2) is 13.4 Å². The monoisotopic (exact) mass is 435 g/mol. The fourth-order valence-electron chi connectivity index (χ4n) is 3.06. The third-order valence-electron chi connectivity index (χ3n) is 4.69. The molecule has 0 radical (unpaired) electrons. The van der Waals surface area contributed by atoms with Gasteiger partial charge in [-0.05, 0) is 30.3 Å². The molecule has 0 saturated carbocycles. The van der Waals surface area contributed by atoms with Crippen molar-refractivity contribution in [2.45, 2.75) is 11.3 Å². The van der Waals surface area contributed by atoms with Gasteiger partial charge in [0.25, 0.3) is 6.01 Å². The van der Waals surface area contributed by atoms with Gasteiger partial charge in [0.2, 0.25) is 0 Å². The van der Waals surface area contributed by atoms with Crippen LogP contribution in [-0.2, 0) is 16.3 Å². The highest BCUT2D eigenvalue weighted by Gasteiger charge is 2.18. The van der Waals surface area contributed by atoms with Crippen LogP contribution in [-0.4, -0.2) is 31.2 Å². The molecule has 0 saturated heterocycles. The molecule has 0 atom stereocenters. The largest absolute Gasteiger partial charge is 0.495 e. The number of pyridine rings is 1. The third kappa shape index (κ3) is 4.92. The molecule has 2 aromatic carbocycles. The Labute approximate surface area is 180 Å². The van der Waals surface area contributed by atoms with Crippen molar-refractivity contribution in [2.75, 3.05) is 18.2 Å². The van der Waals surface area contributed by atoms with Crippen LogP contribution >= 0.6 is 0 Å². The van der Waals surface area contributed by atoms with Crippen LogP contribution in [0.1, 0.15) is 5.69 Å². The average molecular weight is 436 g/mol. The number of sulfone groups is 1. The van der Waals surface area contributed by atoms with Crippen LogP contribution < -0.4 is 10.1 Å². The van der Waals surface area contributed by atoms with Crippen LogP contribution in [0.15, 0.2) is 88.4 Å². The van der Waals surface area contributed by atoms with E-state index in [0.717, 1.165) is 11.3 Å². The number of anilines is 2. The van der Waals surface area contributed by atoms with Gasteiger partial charge in [-0.3, -0.25) is 4.98 Å². The molecule has 0 aliphatic rings. The summed E-state index contributed by atoms with van der Waals surface area (Å²) in [5, 5.41) is 3.02. The lowest BCUT2D eigenvalue weighted by molar-refractivity contribution is 0.416. The van der Waals surface area contributed by atoms with Crippen molar-refractivity contribution in [3.8, 4) is 17.1 Å². The number of hydrogen-bond acceptors (Lipinski definition) is 7. The Morgan fingerprint density at radius 3 is 2.55 bits per heavy atom. The van der Waals surface area contributed by atoms with Gasteiger partial charge >= 0.3 is 0 Å². The molecule has 2 heterocycles. The minimum absolute atomic E-state index is 0.0487. The van der Waals surface area contributed by atoms with Gasteiger partial charge in [0.05, 0.1) is 29.6 Å². The fourth-order valence-corrected chi connectivity index (χ4v) is 4.35. The topological polar surface area (TPSA) is 94.3 Å². The van der Waals surface area contributed by atoms with Crippen LogP contribution in [0, 0.1) is 0 Å². The van der Waals surface area contributed by atoms with Crippen LogP contribution in [0.4, 0.5) is 11.7 Å². The lowest BCUT2D eigenvalue weighted by atomic mass is 10.2. The van der Waals surface area contributed by atoms with Crippen molar-refractivity contribution in [1.82, 2.24) is 9.97 Å². The minimum atomic E-state index is -3.52. The van der Waals surface area contributed by atoms with Crippen molar-refractivity contribution in [2.24, 2.45) is 0 Å². The Kier molecular flexibility index (Phi) is 5.99. The van der Waals surface area contributed by atoms with Crippen LogP contribution in [0.5, 0.6) is 5.75 Å². The second-order valence-corrected chi connectivity index (χ2v) is 8.88. The predicted molar refractivity (Wildman–Crippen MR) is 118 cm³/mol. The Hall–Kier alpha value is -3.65. The summed E-state index contributed by atoms with van der Waals surface area (Å²) in [7, 11) is -2.01. The number of ether oxygens (including phenoxy) is 1. The summed E-state index contributed by atoms with van der Waals surface area (Å²) in [6.07, 6.45) is 3.59. The van der Waals surface area contributed by atoms with E-state index in [1.165, 1.54) is 19.2 Å². The zero-order valence-corrected chi connectivity index (χ0v) is 17.7. The van der Waals surface area contributed by atoms with Gasteiger partial charge in [0.1, 0.15) is 5.75 Å². The molecular formula is C23H21N3O4S. The Morgan fingerprint density at radius 2 is 1.81 bits per heavy atom. The van der Waals surface area contributed by atoms with Crippen LogP contribution in [0.25, 0.3) is 11.3 Å². The maximum atomic E-state index is 12.9. The molecule has 4 aromatic rings. The van der Waals surface area contributed by atoms with E-state index in [1.807, 2.05) is 42.5 Å². The second kappa shape index (κ2) is 9.01. The molecule has 1 N–H and O–H groups in total. The first-order valence-electron chi connectivity index (χ1n) is 9.64. The first-order chi connectivity index (χ1) is 15.0. The third-order valence-corrected chi connectivity index (χ3v) is 6.40. The summed E-state index contributed by atoms with van der Waals surface area (Å²) in [6, 6.07) is 19.9. The Morgan fingerprint density at radius 1 is 1.00 bits per heavy atom. The number of aryl methyl sites for hydroxylation is 1. The van der Waals surface area contributed by atoms with Gasteiger partial charge < -0.3 is 14.5 Å². The molecule has 2 aromatic heterocycles. The van der Waals surface area contributed by atoms with E-state index in [-0.39, 0.29) is 16.7 Å². The molecule has 7 nitrogen and oxygen atoms in total. The van der Waals surface area contributed by atoms with Gasteiger partial charge in [0, 0.05) is 23.9 Å². The second-order valence-electron chi connectivity index (χ2n) is 6.77. The SMILES string of the molecule is COc1ccc(S(=O)(=O)CCc2ccccn2)cc1Nc1ncc(-c2ccccc2)o1. The molecule has 0 aliphatic carbocycles. The molecule has 0 spiro atoms. The van der Waals surface area contributed by atoms with E-state index >= 15 is 0 Å². The minimum Gasteiger partial charge on any atom is -0.495 e. The van der Waals surface area contributed by atoms with Gasteiger partial charge in [-0.2, -0.15) is 0 Å². The van der Waals surface area contributed by atoms with E-state index in [0.29, 0.717) is 23.6 Å². The summed E-state index contributed by atoms with van der Waals surface area (Å²) in [4.78, 5) is 8.61. The summed E-state index contributed by atoms with van der Waals surface area (Å²) in [5.74, 6) is 1.02. The summed E-state index contributed by atoms with van der Waals surface area (Å²) in [5.41, 5.74) is 2.06. The van der Waals surface area contributed by atoms with E-state index in [9.17, 15) is 8.42 Å². The molecule has 8 heteroatoms. The lowest BCUT2D eigenvalue weighted by Crippen LogP contribution is -2.10. The maximum absolute atomic E-state index is 12.9. The highest BCUT2D eigenvalue weighted by atomic mass is 32.2. The number of oxazole rings is 1. The molecule has 0 aliphatic heterocycles. The standard InChI is InChI=1S/C23H21N3O4S/c1-29-21-11-10-19(31(27,28)14-12-18-9-5-6-13-24-18)15-20(21)26-23-25-16-22(30-23)17-7-3-2-4-8-17/h2-11,13,15-16H,12,14H2,1H3,(H,25,26). The summed E-state index contributed by atoms with van der Waals surface area (Å²) >= 11 is 0. The molecule has 31 heavy (non-hydrogen) atoms. The molecule has 0 fully saturated rings. The lowest BCUT2D eigenvalue weighted by Gasteiger charge is -2.11. The van der Waals surface area contributed by atoms with Gasteiger partial charge in [-0.1, -0.05) is 36.4 Å². The molecule has 4 rings (SSSR count). The van der Waals surface area contributed by atoms with E-state index in [2.05, 4.69) is 15.3 Å². The highest BCUT2D eigenvalue weighted by Crippen LogP contribution is 2.32. The number of nitrogens with one attached hydrogen (secondary N) is 1. The quantitative estimate of drug-likeness (QED) is 0.435. The molecule has 0 bridgehead atoms. The molecular weight excluding hydrogens is 414 g/mol. The van der Waals surface area contributed by atoms with Crippen molar-refractivity contribution >= 4 is 21.5 Å². The number of methoxy groups -OCH3 is 1. The zero-order chi connectivity index (χ0) is 21.7. The number of rotatable bonds is 8. The Balaban J connectivity index is 1.56. The van der Waals surface area contributed by atoms with E-state index < -0.39 is 9.84 Å². The first-order valence-corrected chi connectivity index (χ1v) is 11.3. The fraction of sp³-hybridized carbons (Fsp3) is 0.130. The molecule has 158 valence electrons. The van der Waals surface area contributed by atoms with Crippen molar-refractivity contribution in [3.05, 3.63) is 84.8 Å². The van der Waals surface area contributed by atoms with Crippen molar-refractivity contribution in [3.63, 3.8) is 0 Å². The smallest absolute Gasteiger partial charge is 0.299 e. The number of benzene rings is 2. The highest BCUT2D eigenvalue weighted by molar-refractivity contribution is 7.91. The summed E-state index contributed by atoms with van der Waals surface area (Å²) in [6.45, 7) is 0. The molecule has 0 amide bonds. The van der Waals surface area contributed by atoms with Crippen LogP contribution in [0.3, 0.4) is 0 Å². The zero-order valence-electron chi connectivity index (χ0n) is 16.9. The number of nitrogens with zero attached hydrogens (tertiary/aromatic N) is 2. The number of hydrogen-bond donors (Lipinski definition) is 1. The Bertz CT molecular complexity index is 1260. The summed E-state index contributed by atoms with van der Waals surface area (Å²) < 4.78 is 36.9. The van der Waals surface area contributed by atoms with Crippen LogP contribution in [0.2, 0.25) is 0 Å². The van der Waals surface area contributed by atoms with Gasteiger partial charge in [0.15, 0.2) is 15.6 Å². The number of aromatic nitrogens is 2. The molecule has 0 unspecified atom stereocenters. The maximum Gasteiger partial charge on any atom is 0.299 e. The van der Waals surface area contributed by atoms with Crippen molar-refractivity contribution in [1.29, 1.82) is 0 Å².